The maximum atomic E-state index is 13.3. The van der Waals surface area contributed by atoms with Crippen molar-refractivity contribution < 1.29 is 21.2 Å². The summed E-state index contributed by atoms with van der Waals surface area (Å²) in [5, 5.41) is 0.833. The molecule has 150 valence electrons. The molecule has 0 bridgehead atoms. The van der Waals surface area contributed by atoms with Crippen LogP contribution in [0.2, 0.25) is 5.02 Å². The van der Waals surface area contributed by atoms with E-state index in [4.69, 9.17) is 11.6 Å². The first-order valence-electron chi connectivity index (χ1n) is 8.39. The van der Waals surface area contributed by atoms with Gasteiger partial charge in [0.25, 0.3) is 0 Å². The summed E-state index contributed by atoms with van der Waals surface area (Å²) in [5.74, 6) is -0.707. The molecule has 10 heteroatoms. The van der Waals surface area contributed by atoms with E-state index in [1.807, 2.05) is 6.07 Å². The number of halogens is 2. The summed E-state index contributed by atoms with van der Waals surface area (Å²) >= 11 is 5.67. The lowest BCUT2D eigenvalue weighted by molar-refractivity contribution is 0.275. The van der Waals surface area contributed by atoms with Crippen molar-refractivity contribution >= 4 is 37.7 Å². The molecule has 1 saturated heterocycles. The molecule has 0 aliphatic carbocycles. The summed E-state index contributed by atoms with van der Waals surface area (Å²) in [6.45, 7) is 0.0384. The monoisotopic (exact) mass is 444 g/mol. The van der Waals surface area contributed by atoms with E-state index in [0.717, 1.165) is 29.2 Å². The maximum absolute atomic E-state index is 13.3. The average molecular weight is 445 g/mol. The molecule has 28 heavy (non-hydrogen) atoms. The summed E-state index contributed by atoms with van der Waals surface area (Å²) < 4.78 is 66.0. The van der Waals surface area contributed by atoms with Gasteiger partial charge in [0, 0.05) is 31.6 Å². The minimum atomic E-state index is -3.88. The quantitative estimate of drug-likeness (QED) is 0.710. The van der Waals surface area contributed by atoms with E-state index >= 15 is 0 Å². The maximum Gasteiger partial charge on any atom is 0.243 e. The summed E-state index contributed by atoms with van der Waals surface area (Å²) in [6.07, 6.45) is 1.50. The van der Waals surface area contributed by atoms with Gasteiger partial charge < -0.3 is 0 Å². The Balaban J connectivity index is 1.69. The van der Waals surface area contributed by atoms with Crippen molar-refractivity contribution in [1.29, 1.82) is 0 Å². The van der Waals surface area contributed by atoms with Crippen LogP contribution in [0.15, 0.2) is 58.8 Å². The highest BCUT2D eigenvalue weighted by molar-refractivity contribution is 7.92. The topological polar surface area (TPSA) is 74.8 Å². The van der Waals surface area contributed by atoms with Crippen molar-refractivity contribution in [2.75, 3.05) is 26.2 Å². The van der Waals surface area contributed by atoms with E-state index in [1.54, 1.807) is 24.3 Å². The van der Waals surface area contributed by atoms with Crippen LogP contribution in [0.1, 0.15) is 5.56 Å². The molecular formula is C18H18ClFN2O4S2. The number of nitrogens with zero attached hydrogens (tertiary/aromatic N) is 2. The fourth-order valence-electron chi connectivity index (χ4n) is 2.77. The highest BCUT2D eigenvalue weighted by atomic mass is 35.5. The van der Waals surface area contributed by atoms with Crippen LogP contribution in [0.25, 0.3) is 6.08 Å². The van der Waals surface area contributed by atoms with E-state index in [0.29, 0.717) is 0 Å². The molecule has 1 aliphatic rings. The first kappa shape index (κ1) is 20.9. The van der Waals surface area contributed by atoms with Crippen LogP contribution in [-0.4, -0.2) is 51.6 Å². The van der Waals surface area contributed by atoms with Gasteiger partial charge in [-0.2, -0.15) is 8.61 Å². The predicted octanol–water partition coefficient (Wildman–Crippen LogP) is 2.79. The molecule has 0 N–H and O–H groups in total. The van der Waals surface area contributed by atoms with E-state index < -0.39 is 25.9 Å². The third-order valence-electron chi connectivity index (χ3n) is 4.32. The minimum absolute atomic E-state index is 0.00423. The van der Waals surface area contributed by atoms with Gasteiger partial charge in [-0.1, -0.05) is 41.9 Å². The molecule has 1 aliphatic heterocycles. The first-order valence-corrected chi connectivity index (χ1v) is 11.7. The van der Waals surface area contributed by atoms with Crippen molar-refractivity contribution in [1.82, 2.24) is 8.61 Å². The molecule has 6 nitrogen and oxygen atoms in total. The van der Waals surface area contributed by atoms with E-state index in [1.165, 1.54) is 14.7 Å². The van der Waals surface area contributed by atoms with E-state index in [9.17, 15) is 21.2 Å². The Morgan fingerprint density at radius 3 is 2.11 bits per heavy atom. The largest absolute Gasteiger partial charge is 0.243 e. The lowest BCUT2D eigenvalue weighted by Crippen LogP contribution is -2.49. The van der Waals surface area contributed by atoms with Crippen LogP contribution in [0.3, 0.4) is 0 Å². The third kappa shape index (κ3) is 4.61. The highest BCUT2D eigenvalue weighted by Gasteiger charge is 2.32. The first-order chi connectivity index (χ1) is 13.2. The van der Waals surface area contributed by atoms with Crippen LogP contribution < -0.4 is 0 Å². The van der Waals surface area contributed by atoms with Gasteiger partial charge >= 0.3 is 0 Å². The fraction of sp³-hybridized carbons (Fsp3) is 0.222. The van der Waals surface area contributed by atoms with Crippen LogP contribution >= 0.6 is 11.6 Å². The van der Waals surface area contributed by atoms with Gasteiger partial charge in [0.15, 0.2) is 0 Å². The predicted molar refractivity (Wildman–Crippen MR) is 106 cm³/mol. The Bertz CT molecular complexity index is 1080. The van der Waals surface area contributed by atoms with E-state index in [2.05, 4.69) is 0 Å². The molecule has 2 aromatic rings. The van der Waals surface area contributed by atoms with Gasteiger partial charge in [-0.15, -0.1) is 0 Å². The molecule has 1 fully saturated rings. The van der Waals surface area contributed by atoms with Gasteiger partial charge in [-0.3, -0.25) is 0 Å². The zero-order valence-electron chi connectivity index (χ0n) is 14.7. The van der Waals surface area contributed by atoms with Gasteiger partial charge in [0.1, 0.15) is 5.82 Å². The van der Waals surface area contributed by atoms with Crippen molar-refractivity contribution in [2.24, 2.45) is 0 Å². The molecule has 2 aromatic carbocycles. The number of benzene rings is 2. The highest BCUT2D eigenvalue weighted by Crippen LogP contribution is 2.23. The molecule has 0 saturated carbocycles. The smallest absolute Gasteiger partial charge is 0.208 e. The number of piperazine rings is 1. The van der Waals surface area contributed by atoms with Crippen LogP contribution in [0.4, 0.5) is 4.39 Å². The van der Waals surface area contributed by atoms with Crippen LogP contribution in [0, 0.1) is 5.82 Å². The van der Waals surface area contributed by atoms with Crippen molar-refractivity contribution in [2.45, 2.75) is 4.90 Å². The SMILES string of the molecule is O=S(=O)(/C=C/c1ccccc1)N1CCN(S(=O)(=O)c2ccc(F)c(Cl)c2)CC1. The minimum Gasteiger partial charge on any atom is -0.208 e. The van der Waals surface area contributed by atoms with Crippen molar-refractivity contribution in [3.8, 4) is 0 Å². The molecule has 0 unspecified atom stereocenters. The Hall–Kier alpha value is -1.78. The third-order valence-corrected chi connectivity index (χ3v) is 8.07. The van der Waals surface area contributed by atoms with Crippen LogP contribution in [0.5, 0.6) is 0 Å². The molecule has 0 amide bonds. The zero-order valence-corrected chi connectivity index (χ0v) is 17.1. The summed E-state index contributed by atoms with van der Waals surface area (Å²) in [4.78, 5) is -0.126. The second kappa shape index (κ2) is 8.30. The second-order valence-corrected chi connectivity index (χ2v) is 10.3. The van der Waals surface area contributed by atoms with Gasteiger partial charge in [-0.25, -0.2) is 21.2 Å². The normalized spacial score (nSPS) is 17.2. The standard InChI is InChI=1S/C18H18ClFN2O4S2/c19-17-14-16(6-7-18(17)20)28(25,26)22-11-9-21(10-12-22)27(23,24)13-8-15-4-2-1-3-5-15/h1-8,13-14H,9-12H2/b13-8+. The summed E-state index contributed by atoms with van der Waals surface area (Å²) in [7, 11) is -7.55. The second-order valence-electron chi connectivity index (χ2n) is 6.14. The molecule has 3 rings (SSSR count). The summed E-state index contributed by atoms with van der Waals surface area (Å²) in [5.41, 5.74) is 0.750. The molecule has 0 aromatic heterocycles. The van der Waals surface area contributed by atoms with Crippen molar-refractivity contribution in [3.63, 3.8) is 0 Å². The molecule has 0 spiro atoms. The average Bonchev–Trinajstić information content (AvgIpc) is 2.69. The Morgan fingerprint density at radius 2 is 1.50 bits per heavy atom. The number of sulfonamides is 2. The lowest BCUT2D eigenvalue weighted by Gasteiger charge is -2.32. The number of rotatable bonds is 5. The van der Waals surface area contributed by atoms with Gasteiger partial charge in [0.2, 0.25) is 20.0 Å². The Kier molecular flexibility index (Phi) is 6.21. The fourth-order valence-corrected chi connectivity index (χ4v) is 5.63. The van der Waals surface area contributed by atoms with E-state index in [-0.39, 0.29) is 36.1 Å². The zero-order chi connectivity index (χ0) is 20.4. The van der Waals surface area contributed by atoms with Gasteiger partial charge in [0.05, 0.1) is 9.92 Å². The van der Waals surface area contributed by atoms with Crippen molar-refractivity contribution in [3.05, 3.63) is 70.3 Å². The van der Waals surface area contributed by atoms with Crippen LogP contribution in [-0.2, 0) is 20.0 Å². The Labute approximate surface area is 168 Å². The lowest BCUT2D eigenvalue weighted by atomic mass is 10.2. The number of hydrogen-bond donors (Lipinski definition) is 0. The summed E-state index contributed by atoms with van der Waals surface area (Å²) in [6, 6.07) is 12.2. The number of hydrogen-bond acceptors (Lipinski definition) is 4. The molecular weight excluding hydrogens is 427 g/mol. The molecule has 0 atom stereocenters. The Morgan fingerprint density at radius 1 is 0.893 bits per heavy atom. The molecule has 1 heterocycles. The molecule has 0 radical (unpaired) electrons. The van der Waals surface area contributed by atoms with Gasteiger partial charge in [-0.05, 0) is 29.8 Å².